The van der Waals surface area contributed by atoms with Crippen LogP contribution in [0, 0.1) is 6.92 Å². The molecular weight excluding hydrogens is 384 g/mol. The number of carbonyl (C=O) groups excluding carboxylic acids is 1. The van der Waals surface area contributed by atoms with Gasteiger partial charge in [-0.1, -0.05) is 30.3 Å². The van der Waals surface area contributed by atoms with Crippen molar-refractivity contribution < 1.29 is 27.5 Å². The van der Waals surface area contributed by atoms with E-state index < -0.39 is 21.9 Å². The van der Waals surface area contributed by atoms with Crippen LogP contribution < -0.4 is 0 Å². The Bertz CT molecular complexity index is 1130. The van der Waals surface area contributed by atoms with Crippen molar-refractivity contribution in [2.24, 2.45) is 0 Å². The lowest BCUT2D eigenvalue weighted by molar-refractivity contribution is -0.152. The number of hydrogen-bond acceptors (Lipinski definition) is 6. The molecule has 3 aromatic rings. The highest BCUT2D eigenvalue weighted by Crippen LogP contribution is 2.33. The highest BCUT2D eigenvalue weighted by Gasteiger charge is 2.30. The highest BCUT2D eigenvalue weighted by atomic mass is 32.2. The molecule has 0 aliphatic carbocycles. The van der Waals surface area contributed by atoms with Crippen molar-refractivity contribution in [2.75, 3.05) is 7.05 Å². The number of amides is 1. The average molecular weight is 400 g/mol. The van der Waals surface area contributed by atoms with Gasteiger partial charge in [0.1, 0.15) is 5.69 Å². The van der Waals surface area contributed by atoms with Gasteiger partial charge in [0.25, 0.3) is 10.0 Å². The summed E-state index contributed by atoms with van der Waals surface area (Å²) in [7, 11) is -3.39. The first-order chi connectivity index (χ1) is 13.2. The standard InChI is InChI=1S/C19H16N2O6S/c1-12-20-16(13-6-4-3-5-7-13)17(27-12)14-8-10-15(11-9-14)28(25,26)21(2)18(22)19(23)24/h3-11H,1-2H3,(H,23,24). The molecule has 2 aromatic carbocycles. The summed E-state index contributed by atoms with van der Waals surface area (Å²) in [4.78, 5) is 26.4. The number of rotatable bonds is 4. The number of oxazole rings is 1. The highest BCUT2D eigenvalue weighted by molar-refractivity contribution is 7.89. The Morgan fingerprint density at radius 3 is 2.18 bits per heavy atom. The molecule has 0 radical (unpaired) electrons. The molecule has 0 spiro atoms. The number of carboxylic acid groups (broad SMARTS) is 1. The summed E-state index contributed by atoms with van der Waals surface area (Å²) in [6.45, 7) is 1.71. The van der Waals surface area contributed by atoms with Crippen LogP contribution in [0.4, 0.5) is 0 Å². The Labute approximate surface area is 161 Å². The van der Waals surface area contributed by atoms with Crippen molar-refractivity contribution in [1.82, 2.24) is 9.29 Å². The lowest BCUT2D eigenvalue weighted by Crippen LogP contribution is -2.37. The van der Waals surface area contributed by atoms with Crippen molar-refractivity contribution in [3.05, 3.63) is 60.5 Å². The van der Waals surface area contributed by atoms with E-state index in [-0.39, 0.29) is 9.20 Å². The normalized spacial score (nSPS) is 11.2. The van der Waals surface area contributed by atoms with E-state index in [0.29, 0.717) is 22.9 Å². The van der Waals surface area contributed by atoms with Crippen LogP contribution in [0.1, 0.15) is 5.89 Å². The second-order valence-electron chi connectivity index (χ2n) is 5.88. The number of nitrogens with zero attached hydrogens (tertiary/aromatic N) is 2. The predicted molar refractivity (Wildman–Crippen MR) is 99.7 cm³/mol. The molecule has 0 atom stereocenters. The molecule has 3 rings (SSSR count). The third-order valence-corrected chi connectivity index (χ3v) is 5.78. The van der Waals surface area contributed by atoms with E-state index in [1.54, 1.807) is 6.92 Å². The van der Waals surface area contributed by atoms with Crippen LogP contribution in [0.5, 0.6) is 0 Å². The lowest BCUT2D eigenvalue weighted by Gasteiger charge is -2.15. The minimum Gasteiger partial charge on any atom is -0.474 e. The molecule has 0 bridgehead atoms. The zero-order chi connectivity index (χ0) is 20.5. The van der Waals surface area contributed by atoms with Gasteiger partial charge in [0.15, 0.2) is 11.7 Å². The molecule has 0 aliphatic rings. The molecule has 0 aliphatic heterocycles. The van der Waals surface area contributed by atoms with Gasteiger partial charge in [0.2, 0.25) is 0 Å². The maximum Gasteiger partial charge on any atom is 0.395 e. The zero-order valence-corrected chi connectivity index (χ0v) is 15.8. The Balaban J connectivity index is 1.99. The van der Waals surface area contributed by atoms with Gasteiger partial charge in [-0.25, -0.2) is 22.5 Å². The first kappa shape index (κ1) is 19.3. The third kappa shape index (κ3) is 3.52. The summed E-state index contributed by atoms with van der Waals surface area (Å²) in [5.41, 5.74) is 2.05. The summed E-state index contributed by atoms with van der Waals surface area (Å²) in [5, 5.41) is 8.72. The number of sulfonamides is 1. The third-order valence-electron chi connectivity index (χ3n) is 4.03. The van der Waals surface area contributed by atoms with Gasteiger partial charge in [-0.3, -0.25) is 4.79 Å². The van der Waals surface area contributed by atoms with Gasteiger partial charge in [0, 0.05) is 25.1 Å². The average Bonchev–Trinajstić information content (AvgIpc) is 3.09. The van der Waals surface area contributed by atoms with Crippen LogP contribution in [-0.4, -0.2) is 41.7 Å². The SMILES string of the molecule is Cc1nc(-c2ccccc2)c(-c2ccc(S(=O)(=O)N(C)C(=O)C(=O)O)cc2)o1. The first-order valence-electron chi connectivity index (χ1n) is 8.11. The largest absolute Gasteiger partial charge is 0.474 e. The van der Waals surface area contributed by atoms with Crippen LogP contribution in [0.15, 0.2) is 63.9 Å². The number of likely N-dealkylation sites (N-methyl/N-ethyl adjacent to an activating group) is 1. The van der Waals surface area contributed by atoms with E-state index in [1.807, 2.05) is 30.3 Å². The van der Waals surface area contributed by atoms with Gasteiger partial charge in [-0.15, -0.1) is 0 Å². The molecule has 0 fully saturated rings. The van der Waals surface area contributed by atoms with E-state index >= 15 is 0 Å². The Hall–Kier alpha value is -3.46. The number of benzene rings is 2. The molecular formula is C19H16N2O6S. The maximum atomic E-state index is 12.4. The van der Waals surface area contributed by atoms with Crippen LogP contribution >= 0.6 is 0 Å². The monoisotopic (exact) mass is 400 g/mol. The molecule has 28 heavy (non-hydrogen) atoms. The number of carbonyl (C=O) groups is 2. The summed E-state index contributed by atoms with van der Waals surface area (Å²) in [6.07, 6.45) is 0. The topological polar surface area (TPSA) is 118 Å². The van der Waals surface area contributed by atoms with E-state index in [2.05, 4.69) is 4.98 Å². The summed E-state index contributed by atoms with van der Waals surface area (Å²) >= 11 is 0. The minimum atomic E-state index is -4.28. The molecule has 1 heterocycles. The number of aryl methyl sites for hydroxylation is 1. The number of aliphatic carboxylic acids is 1. The van der Waals surface area contributed by atoms with E-state index in [1.165, 1.54) is 24.3 Å². The summed E-state index contributed by atoms with van der Waals surface area (Å²) in [5.74, 6) is -2.46. The summed E-state index contributed by atoms with van der Waals surface area (Å²) < 4.78 is 30.7. The molecule has 0 unspecified atom stereocenters. The first-order valence-corrected chi connectivity index (χ1v) is 9.55. The molecule has 9 heteroatoms. The molecule has 144 valence electrons. The summed E-state index contributed by atoms with van der Waals surface area (Å²) in [6, 6.07) is 15.0. The fourth-order valence-electron chi connectivity index (χ4n) is 2.59. The Morgan fingerprint density at radius 1 is 1.00 bits per heavy atom. The van der Waals surface area contributed by atoms with Crippen molar-refractivity contribution in [3.63, 3.8) is 0 Å². The van der Waals surface area contributed by atoms with Gasteiger partial charge >= 0.3 is 11.9 Å². The molecule has 1 amide bonds. The molecule has 1 N–H and O–H groups in total. The second kappa shape index (κ2) is 7.28. The Morgan fingerprint density at radius 2 is 1.61 bits per heavy atom. The van der Waals surface area contributed by atoms with Crippen molar-refractivity contribution in [1.29, 1.82) is 0 Å². The molecule has 1 aromatic heterocycles. The van der Waals surface area contributed by atoms with Crippen LogP contribution in [-0.2, 0) is 19.6 Å². The molecule has 0 saturated carbocycles. The Kier molecular flexibility index (Phi) is 5.02. The zero-order valence-electron chi connectivity index (χ0n) is 15.0. The predicted octanol–water partition coefficient (Wildman–Crippen LogP) is 2.55. The van der Waals surface area contributed by atoms with Gasteiger partial charge in [0.05, 0.1) is 4.90 Å². The van der Waals surface area contributed by atoms with Gasteiger partial charge in [-0.2, -0.15) is 0 Å². The quantitative estimate of drug-likeness (QED) is 0.669. The smallest absolute Gasteiger partial charge is 0.395 e. The van der Waals surface area contributed by atoms with Gasteiger partial charge < -0.3 is 9.52 Å². The van der Waals surface area contributed by atoms with Crippen LogP contribution in [0.2, 0.25) is 0 Å². The number of aromatic nitrogens is 1. The van der Waals surface area contributed by atoms with Gasteiger partial charge in [-0.05, 0) is 24.3 Å². The van der Waals surface area contributed by atoms with E-state index in [0.717, 1.165) is 12.6 Å². The van der Waals surface area contributed by atoms with Crippen molar-refractivity contribution >= 4 is 21.9 Å². The minimum absolute atomic E-state index is 0.193. The lowest BCUT2D eigenvalue weighted by atomic mass is 10.1. The van der Waals surface area contributed by atoms with E-state index in [9.17, 15) is 18.0 Å². The van der Waals surface area contributed by atoms with Crippen molar-refractivity contribution in [2.45, 2.75) is 11.8 Å². The number of carboxylic acids is 1. The fraction of sp³-hybridized carbons (Fsp3) is 0.105. The second-order valence-corrected chi connectivity index (χ2v) is 7.85. The fourth-order valence-corrected chi connectivity index (χ4v) is 3.69. The molecule has 0 saturated heterocycles. The maximum absolute atomic E-state index is 12.4. The van der Waals surface area contributed by atoms with Crippen molar-refractivity contribution in [3.8, 4) is 22.6 Å². The van der Waals surface area contributed by atoms with Crippen LogP contribution in [0.3, 0.4) is 0 Å². The number of hydrogen-bond donors (Lipinski definition) is 1. The van der Waals surface area contributed by atoms with E-state index in [4.69, 9.17) is 9.52 Å². The van der Waals surface area contributed by atoms with Crippen LogP contribution in [0.25, 0.3) is 22.6 Å². The molecule has 8 nitrogen and oxygen atoms in total.